The normalized spacial score (nSPS) is 26.8. The molecule has 1 fully saturated rings. The van der Waals surface area contributed by atoms with Gasteiger partial charge in [0.1, 0.15) is 0 Å². The van der Waals surface area contributed by atoms with Gasteiger partial charge in [0.15, 0.2) is 5.78 Å². The summed E-state index contributed by atoms with van der Waals surface area (Å²) in [5, 5.41) is 19.2. The number of aliphatic hydroxyl groups is 1. The lowest BCUT2D eigenvalue weighted by Crippen LogP contribution is -2.48. The van der Waals surface area contributed by atoms with E-state index in [0.717, 1.165) is 5.56 Å². The third-order valence-electron chi connectivity index (χ3n) is 5.33. The second-order valence-electron chi connectivity index (χ2n) is 7.36. The minimum atomic E-state index is -1.06. The maximum atomic E-state index is 13.2. The second-order valence-corrected chi connectivity index (χ2v) is 7.36. The Hall–Kier alpha value is -2.21. The Labute approximate surface area is 146 Å². The van der Waals surface area contributed by atoms with Crippen LogP contribution in [0.1, 0.15) is 42.6 Å². The Balaban J connectivity index is 1.89. The minimum absolute atomic E-state index is 0.0880. The Morgan fingerprint density at radius 1 is 1.16 bits per heavy atom. The van der Waals surface area contributed by atoms with Crippen molar-refractivity contribution in [2.75, 3.05) is 0 Å². The molecule has 0 aromatic heterocycles. The largest absolute Gasteiger partial charge is 0.481 e. The number of fused-ring (bicyclic) bond motifs is 1. The minimum Gasteiger partial charge on any atom is -0.481 e. The summed E-state index contributed by atoms with van der Waals surface area (Å²) in [6.07, 6.45) is -0.548. The van der Waals surface area contributed by atoms with E-state index >= 15 is 0 Å². The van der Waals surface area contributed by atoms with Gasteiger partial charge in [-0.05, 0) is 30.4 Å². The van der Waals surface area contributed by atoms with E-state index in [0.29, 0.717) is 12.1 Å². The van der Waals surface area contributed by atoms with E-state index in [4.69, 9.17) is 0 Å². The molecule has 1 amide bonds. The maximum Gasteiger partial charge on any atom is 0.307 e. The number of carbonyl (C=O) groups excluding carboxylic acids is 2. The van der Waals surface area contributed by atoms with Crippen LogP contribution in [-0.4, -0.2) is 44.9 Å². The first-order chi connectivity index (χ1) is 11.8. The molecule has 4 atom stereocenters. The van der Waals surface area contributed by atoms with Crippen LogP contribution in [0.5, 0.6) is 0 Å². The van der Waals surface area contributed by atoms with Crippen LogP contribution in [0.25, 0.3) is 0 Å². The van der Waals surface area contributed by atoms with Gasteiger partial charge in [0.25, 0.3) is 5.91 Å². The molecule has 25 heavy (non-hydrogen) atoms. The lowest BCUT2D eigenvalue weighted by molar-refractivity contribution is -0.147. The topological polar surface area (TPSA) is 94.9 Å². The van der Waals surface area contributed by atoms with Gasteiger partial charge in [-0.25, -0.2) is 0 Å². The number of benzene rings is 1. The van der Waals surface area contributed by atoms with Crippen molar-refractivity contribution >= 4 is 17.7 Å². The fourth-order valence-corrected chi connectivity index (χ4v) is 4.16. The summed E-state index contributed by atoms with van der Waals surface area (Å²) < 4.78 is 0. The third kappa shape index (κ3) is 3.06. The SMILES string of the molecule is CC(C)[C@@H](C(=O)C1C[C@H](O)C[C@H]1C(=O)O)N1Cc2ccccc2C1=O. The number of amides is 1. The molecule has 6 heteroatoms. The van der Waals surface area contributed by atoms with E-state index in [1.807, 2.05) is 26.0 Å². The molecule has 1 aromatic carbocycles. The fourth-order valence-electron chi connectivity index (χ4n) is 4.16. The van der Waals surface area contributed by atoms with E-state index in [1.165, 1.54) is 0 Å². The third-order valence-corrected chi connectivity index (χ3v) is 5.33. The molecule has 1 aliphatic carbocycles. The molecule has 0 spiro atoms. The zero-order chi connectivity index (χ0) is 18.3. The Morgan fingerprint density at radius 2 is 1.80 bits per heavy atom. The van der Waals surface area contributed by atoms with Gasteiger partial charge in [-0.3, -0.25) is 14.4 Å². The molecular formula is C19H23NO5. The van der Waals surface area contributed by atoms with Gasteiger partial charge in [-0.1, -0.05) is 32.0 Å². The number of hydrogen-bond donors (Lipinski definition) is 2. The van der Waals surface area contributed by atoms with Crippen molar-refractivity contribution in [3.63, 3.8) is 0 Å². The van der Waals surface area contributed by atoms with Crippen LogP contribution in [0.3, 0.4) is 0 Å². The van der Waals surface area contributed by atoms with Crippen molar-refractivity contribution in [1.82, 2.24) is 4.90 Å². The number of carboxylic acids is 1. The van der Waals surface area contributed by atoms with Gasteiger partial charge in [0, 0.05) is 18.0 Å². The first-order valence-corrected chi connectivity index (χ1v) is 8.64. The van der Waals surface area contributed by atoms with Gasteiger partial charge in [-0.15, -0.1) is 0 Å². The van der Waals surface area contributed by atoms with E-state index < -0.39 is 30.0 Å². The molecule has 1 heterocycles. The smallest absolute Gasteiger partial charge is 0.307 e. The predicted octanol–water partition coefficient (Wildman–Crippen LogP) is 1.71. The summed E-state index contributed by atoms with van der Waals surface area (Å²) in [5.74, 6) is -3.28. The molecule has 0 radical (unpaired) electrons. The first-order valence-electron chi connectivity index (χ1n) is 8.64. The summed E-state index contributed by atoms with van der Waals surface area (Å²) in [4.78, 5) is 38.9. The van der Waals surface area contributed by atoms with Crippen LogP contribution >= 0.6 is 0 Å². The van der Waals surface area contributed by atoms with Crippen LogP contribution in [0.2, 0.25) is 0 Å². The maximum absolute atomic E-state index is 13.2. The number of Topliss-reactive ketones (excluding diaryl/α,β-unsaturated/α-hetero) is 1. The summed E-state index contributed by atoms with van der Waals surface area (Å²) >= 11 is 0. The van der Waals surface area contributed by atoms with Crippen molar-refractivity contribution in [2.45, 2.75) is 45.4 Å². The lowest BCUT2D eigenvalue weighted by Gasteiger charge is -2.32. The molecule has 0 saturated heterocycles. The predicted molar refractivity (Wildman–Crippen MR) is 89.8 cm³/mol. The zero-order valence-electron chi connectivity index (χ0n) is 14.4. The highest BCUT2D eigenvalue weighted by Gasteiger charge is 2.47. The Kier molecular flexibility index (Phi) is 4.64. The highest BCUT2D eigenvalue weighted by Crippen LogP contribution is 2.37. The molecule has 1 aliphatic heterocycles. The molecule has 2 N–H and O–H groups in total. The number of aliphatic hydroxyl groups excluding tert-OH is 1. The van der Waals surface area contributed by atoms with E-state index in [2.05, 4.69) is 0 Å². The van der Waals surface area contributed by atoms with Crippen molar-refractivity contribution in [3.8, 4) is 0 Å². The molecule has 1 aromatic rings. The second kappa shape index (κ2) is 6.59. The number of ketones is 1. The Bertz CT molecular complexity index is 714. The van der Waals surface area contributed by atoms with E-state index in [1.54, 1.807) is 17.0 Å². The molecule has 6 nitrogen and oxygen atoms in total. The van der Waals surface area contributed by atoms with Gasteiger partial charge in [-0.2, -0.15) is 0 Å². The monoisotopic (exact) mass is 345 g/mol. The standard InChI is InChI=1S/C19H23NO5/c1-10(2)16(17(22)14-7-12(21)8-15(14)19(24)25)20-9-11-5-3-4-6-13(11)18(20)23/h3-6,10,12,14-16,21H,7-9H2,1-2H3,(H,24,25)/t12-,14?,15+,16-/m0/s1. The van der Waals surface area contributed by atoms with Crippen molar-refractivity contribution in [1.29, 1.82) is 0 Å². The first kappa shape index (κ1) is 17.6. The summed E-state index contributed by atoms with van der Waals surface area (Å²) in [6.45, 7) is 4.08. The zero-order valence-corrected chi connectivity index (χ0v) is 14.4. The van der Waals surface area contributed by atoms with Gasteiger partial charge in [0.2, 0.25) is 0 Å². The number of rotatable bonds is 5. The quantitative estimate of drug-likeness (QED) is 0.847. The molecule has 0 bridgehead atoms. The van der Waals surface area contributed by atoms with Crippen molar-refractivity contribution in [3.05, 3.63) is 35.4 Å². The van der Waals surface area contributed by atoms with E-state index in [9.17, 15) is 24.6 Å². The number of carboxylic acid groups (broad SMARTS) is 1. The number of aliphatic carboxylic acids is 1. The van der Waals surface area contributed by atoms with Gasteiger partial charge in [0.05, 0.1) is 18.1 Å². The molecule has 134 valence electrons. The molecule has 3 rings (SSSR count). The number of nitrogens with zero attached hydrogens (tertiary/aromatic N) is 1. The Morgan fingerprint density at radius 3 is 2.40 bits per heavy atom. The average Bonchev–Trinajstić information content (AvgIpc) is 3.09. The highest BCUT2D eigenvalue weighted by molar-refractivity contribution is 6.02. The van der Waals surface area contributed by atoms with Crippen LogP contribution in [-0.2, 0) is 16.1 Å². The van der Waals surface area contributed by atoms with Gasteiger partial charge < -0.3 is 15.1 Å². The van der Waals surface area contributed by atoms with Gasteiger partial charge >= 0.3 is 5.97 Å². The fraction of sp³-hybridized carbons (Fsp3) is 0.526. The highest BCUT2D eigenvalue weighted by atomic mass is 16.4. The van der Waals surface area contributed by atoms with E-state index in [-0.39, 0.29) is 30.4 Å². The molecule has 1 saturated carbocycles. The van der Waals surface area contributed by atoms with Crippen LogP contribution < -0.4 is 0 Å². The van der Waals surface area contributed by atoms with Crippen LogP contribution in [0.4, 0.5) is 0 Å². The molecule has 2 aliphatic rings. The summed E-state index contributed by atoms with van der Waals surface area (Å²) in [7, 11) is 0. The molecular weight excluding hydrogens is 322 g/mol. The number of hydrogen-bond acceptors (Lipinski definition) is 4. The van der Waals surface area contributed by atoms with Crippen LogP contribution in [0.15, 0.2) is 24.3 Å². The van der Waals surface area contributed by atoms with Crippen LogP contribution in [0, 0.1) is 17.8 Å². The van der Waals surface area contributed by atoms with Crippen molar-refractivity contribution in [2.24, 2.45) is 17.8 Å². The summed E-state index contributed by atoms with van der Waals surface area (Å²) in [6, 6.07) is 6.58. The molecule has 1 unspecified atom stereocenters. The van der Waals surface area contributed by atoms with Crippen molar-refractivity contribution < 1.29 is 24.6 Å². The number of carbonyl (C=O) groups is 3. The summed E-state index contributed by atoms with van der Waals surface area (Å²) in [5.41, 5.74) is 1.48. The average molecular weight is 345 g/mol. The lowest BCUT2D eigenvalue weighted by atomic mass is 9.84.